The summed E-state index contributed by atoms with van der Waals surface area (Å²) < 4.78 is 18.5. The quantitative estimate of drug-likeness (QED) is 0.732. The van der Waals surface area contributed by atoms with E-state index >= 15 is 0 Å². The second-order valence-corrected chi connectivity index (χ2v) is 5.19. The summed E-state index contributed by atoms with van der Waals surface area (Å²) in [6.07, 6.45) is 2.53. The Balaban J connectivity index is 1.67. The summed E-state index contributed by atoms with van der Waals surface area (Å²) in [6.45, 7) is 0.784. The lowest BCUT2D eigenvalue weighted by Gasteiger charge is -2.17. The van der Waals surface area contributed by atoms with E-state index in [9.17, 15) is 4.39 Å². The van der Waals surface area contributed by atoms with E-state index in [-0.39, 0.29) is 11.9 Å². The summed E-state index contributed by atoms with van der Waals surface area (Å²) >= 11 is 0. The molecule has 112 valence electrons. The number of hydrogen-bond acceptors (Lipinski definition) is 2. The molecule has 0 amide bonds. The van der Waals surface area contributed by atoms with Gasteiger partial charge in [0.05, 0.1) is 12.3 Å². The molecule has 2 nitrogen and oxygen atoms in total. The van der Waals surface area contributed by atoms with Crippen molar-refractivity contribution < 1.29 is 8.81 Å². The third kappa shape index (κ3) is 3.62. The van der Waals surface area contributed by atoms with Gasteiger partial charge >= 0.3 is 0 Å². The molecule has 1 heterocycles. The fourth-order valence-corrected chi connectivity index (χ4v) is 2.50. The first kappa shape index (κ1) is 14.5. The van der Waals surface area contributed by atoms with Gasteiger partial charge in [0.1, 0.15) is 11.6 Å². The maximum Gasteiger partial charge on any atom is 0.125 e. The standard InChI is InChI=1S/C19H18FNO/c20-17-10-8-15(9-11-17)12-13-21-19(18-7-4-14-22-18)16-5-2-1-3-6-16/h1-11,14,19,21H,12-13H2. The van der Waals surface area contributed by atoms with Crippen molar-refractivity contribution in [2.24, 2.45) is 0 Å². The molecule has 1 unspecified atom stereocenters. The van der Waals surface area contributed by atoms with Crippen LogP contribution in [0.25, 0.3) is 0 Å². The normalized spacial score (nSPS) is 12.2. The van der Waals surface area contributed by atoms with Crippen LogP contribution in [0.2, 0.25) is 0 Å². The fourth-order valence-electron chi connectivity index (χ4n) is 2.50. The predicted octanol–water partition coefficient (Wildman–Crippen LogP) is 4.34. The van der Waals surface area contributed by atoms with E-state index in [0.717, 1.165) is 29.9 Å². The van der Waals surface area contributed by atoms with Gasteiger partial charge in [-0.25, -0.2) is 4.39 Å². The van der Waals surface area contributed by atoms with Gasteiger partial charge in [0, 0.05) is 6.54 Å². The summed E-state index contributed by atoms with van der Waals surface area (Å²) in [4.78, 5) is 0. The third-order valence-electron chi connectivity index (χ3n) is 3.64. The van der Waals surface area contributed by atoms with Crippen molar-refractivity contribution >= 4 is 0 Å². The van der Waals surface area contributed by atoms with Crippen LogP contribution in [0, 0.1) is 5.82 Å². The predicted molar refractivity (Wildman–Crippen MR) is 85.1 cm³/mol. The van der Waals surface area contributed by atoms with Crippen molar-refractivity contribution in [3.8, 4) is 0 Å². The lowest BCUT2D eigenvalue weighted by Crippen LogP contribution is -2.24. The minimum Gasteiger partial charge on any atom is -0.467 e. The maximum atomic E-state index is 12.9. The molecule has 1 atom stereocenters. The Labute approximate surface area is 129 Å². The lowest BCUT2D eigenvalue weighted by molar-refractivity contribution is 0.448. The number of nitrogens with one attached hydrogen (secondary N) is 1. The van der Waals surface area contributed by atoms with E-state index in [2.05, 4.69) is 17.4 Å². The molecule has 0 bridgehead atoms. The summed E-state index contributed by atoms with van der Waals surface area (Å²) in [5, 5.41) is 3.51. The van der Waals surface area contributed by atoms with Crippen LogP contribution in [0.4, 0.5) is 4.39 Å². The fraction of sp³-hybridized carbons (Fsp3) is 0.158. The number of halogens is 1. The van der Waals surface area contributed by atoms with Crippen molar-refractivity contribution in [1.29, 1.82) is 0 Å². The van der Waals surface area contributed by atoms with Gasteiger partial charge in [-0.2, -0.15) is 0 Å². The molecular formula is C19H18FNO. The van der Waals surface area contributed by atoms with Gasteiger partial charge in [-0.05, 0) is 41.8 Å². The lowest BCUT2D eigenvalue weighted by atomic mass is 10.0. The first-order valence-electron chi connectivity index (χ1n) is 7.39. The van der Waals surface area contributed by atoms with Crippen LogP contribution < -0.4 is 5.32 Å². The average Bonchev–Trinajstić information content (AvgIpc) is 3.08. The Morgan fingerprint density at radius 3 is 2.36 bits per heavy atom. The summed E-state index contributed by atoms with van der Waals surface area (Å²) in [6, 6.07) is 20.7. The third-order valence-corrected chi connectivity index (χ3v) is 3.64. The molecule has 22 heavy (non-hydrogen) atoms. The molecule has 2 aromatic carbocycles. The molecule has 0 aliphatic rings. The summed E-state index contributed by atoms with van der Waals surface area (Å²) in [5.74, 6) is 0.694. The zero-order chi connectivity index (χ0) is 15.2. The van der Waals surface area contributed by atoms with Crippen molar-refractivity contribution in [2.75, 3.05) is 6.54 Å². The Hall–Kier alpha value is -2.39. The Bertz CT molecular complexity index is 677. The van der Waals surface area contributed by atoms with Crippen LogP contribution in [-0.4, -0.2) is 6.54 Å². The molecule has 1 N–H and O–H groups in total. The van der Waals surface area contributed by atoms with Crippen LogP contribution in [0.3, 0.4) is 0 Å². The molecule has 0 aliphatic heterocycles. The highest BCUT2D eigenvalue weighted by atomic mass is 19.1. The highest BCUT2D eigenvalue weighted by Crippen LogP contribution is 2.22. The topological polar surface area (TPSA) is 25.2 Å². The first-order chi connectivity index (χ1) is 10.8. The van der Waals surface area contributed by atoms with E-state index in [1.54, 1.807) is 6.26 Å². The summed E-state index contributed by atoms with van der Waals surface area (Å²) in [5.41, 5.74) is 2.27. The molecule has 3 heteroatoms. The molecule has 3 rings (SSSR count). The smallest absolute Gasteiger partial charge is 0.125 e. The maximum absolute atomic E-state index is 12.9. The molecule has 0 spiro atoms. The summed E-state index contributed by atoms with van der Waals surface area (Å²) in [7, 11) is 0. The Morgan fingerprint density at radius 1 is 0.909 bits per heavy atom. The van der Waals surface area contributed by atoms with Crippen LogP contribution in [0.5, 0.6) is 0 Å². The molecule has 0 radical (unpaired) electrons. The number of benzene rings is 2. The average molecular weight is 295 g/mol. The highest BCUT2D eigenvalue weighted by molar-refractivity contribution is 5.26. The van der Waals surface area contributed by atoms with Gasteiger partial charge in [0.15, 0.2) is 0 Å². The van der Waals surface area contributed by atoms with Gasteiger partial charge in [-0.15, -0.1) is 0 Å². The minimum atomic E-state index is -0.200. The molecule has 0 aliphatic carbocycles. The van der Waals surface area contributed by atoms with Crippen LogP contribution in [-0.2, 0) is 6.42 Å². The number of furan rings is 1. The highest BCUT2D eigenvalue weighted by Gasteiger charge is 2.15. The second-order valence-electron chi connectivity index (χ2n) is 5.19. The molecule has 3 aromatic rings. The SMILES string of the molecule is Fc1ccc(CCNC(c2ccccc2)c2ccco2)cc1. The Morgan fingerprint density at radius 2 is 1.68 bits per heavy atom. The van der Waals surface area contributed by atoms with Crippen LogP contribution >= 0.6 is 0 Å². The van der Waals surface area contributed by atoms with Crippen molar-refractivity contribution in [2.45, 2.75) is 12.5 Å². The van der Waals surface area contributed by atoms with E-state index < -0.39 is 0 Å². The Kier molecular flexibility index (Phi) is 4.66. The van der Waals surface area contributed by atoms with Gasteiger partial charge in [0.25, 0.3) is 0 Å². The van der Waals surface area contributed by atoms with E-state index in [1.165, 1.54) is 12.1 Å². The van der Waals surface area contributed by atoms with Crippen molar-refractivity contribution in [1.82, 2.24) is 5.32 Å². The first-order valence-corrected chi connectivity index (χ1v) is 7.39. The van der Waals surface area contributed by atoms with Gasteiger partial charge < -0.3 is 9.73 Å². The molecule has 0 saturated heterocycles. The van der Waals surface area contributed by atoms with Crippen molar-refractivity contribution in [3.63, 3.8) is 0 Å². The van der Waals surface area contributed by atoms with E-state index in [0.29, 0.717) is 0 Å². The van der Waals surface area contributed by atoms with Crippen molar-refractivity contribution in [3.05, 3.63) is 95.7 Å². The van der Waals surface area contributed by atoms with E-state index in [4.69, 9.17) is 4.42 Å². The molecule has 0 fully saturated rings. The van der Waals surface area contributed by atoms with E-state index in [1.807, 2.05) is 42.5 Å². The van der Waals surface area contributed by atoms with Gasteiger partial charge in [-0.1, -0.05) is 42.5 Å². The molecular weight excluding hydrogens is 277 g/mol. The van der Waals surface area contributed by atoms with Gasteiger partial charge in [0.2, 0.25) is 0 Å². The largest absolute Gasteiger partial charge is 0.467 e. The number of rotatable bonds is 6. The monoisotopic (exact) mass is 295 g/mol. The zero-order valence-corrected chi connectivity index (χ0v) is 12.2. The zero-order valence-electron chi connectivity index (χ0n) is 12.2. The number of hydrogen-bond donors (Lipinski definition) is 1. The van der Waals surface area contributed by atoms with Crippen LogP contribution in [0.15, 0.2) is 77.4 Å². The second kappa shape index (κ2) is 7.05. The minimum absolute atomic E-state index is 0.0247. The van der Waals surface area contributed by atoms with Gasteiger partial charge in [-0.3, -0.25) is 0 Å². The molecule has 0 saturated carbocycles. The van der Waals surface area contributed by atoms with Crippen LogP contribution in [0.1, 0.15) is 22.9 Å². The molecule has 1 aromatic heterocycles.